The van der Waals surface area contributed by atoms with Crippen LogP contribution in [0, 0.1) is 11.3 Å². The zero-order valence-electron chi connectivity index (χ0n) is 18.6. The first-order valence-corrected chi connectivity index (χ1v) is 12.6. The van der Waals surface area contributed by atoms with E-state index in [0.717, 1.165) is 10.4 Å². The van der Waals surface area contributed by atoms with E-state index < -0.39 is 25.8 Å². The Morgan fingerprint density at radius 2 is 1.47 bits per heavy atom. The number of aliphatic hydroxyl groups excluding tert-OH is 1. The minimum absolute atomic E-state index is 0.140. The number of hydrogen-bond acceptors (Lipinski definition) is 3. The van der Waals surface area contributed by atoms with E-state index in [1.165, 1.54) is 0 Å². The molecule has 0 heterocycles. The number of carboxylic acid groups (broad SMARTS) is 1. The van der Waals surface area contributed by atoms with Crippen molar-refractivity contribution in [2.75, 3.05) is 0 Å². The molecule has 5 heteroatoms. The maximum atomic E-state index is 12.0. The smallest absolute Gasteiger partial charge is 0.309 e. The summed E-state index contributed by atoms with van der Waals surface area (Å²) in [5.74, 6) is -1.01. The Kier molecular flexibility index (Phi) is 6.28. The first-order chi connectivity index (χ1) is 14.0. The zero-order chi connectivity index (χ0) is 22.2. The van der Waals surface area contributed by atoms with Gasteiger partial charge in [-0.15, -0.1) is 0 Å². The maximum absolute atomic E-state index is 12.0. The molecule has 0 saturated heterocycles. The fraction of sp³-hybridized carbons (Fsp3) is 0.480. The Bertz CT molecular complexity index is 822. The average molecular weight is 427 g/mol. The third-order valence-electron chi connectivity index (χ3n) is 6.77. The topological polar surface area (TPSA) is 66.8 Å². The number of aliphatic hydroxyl groups is 1. The molecule has 0 unspecified atom stereocenters. The number of hydrogen-bond donors (Lipinski definition) is 2. The summed E-state index contributed by atoms with van der Waals surface area (Å²) in [6.07, 6.45) is -0.404. The van der Waals surface area contributed by atoms with E-state index in [4.69, 9.17) is 4.43 Å². The van der Waals surface area contributed by atoms with Crippen molar-refractivity contribution in [3.05, 3.63) is 60.7 Å². The van der Waals surface area contributed by atoms with Gasteiger partial charge in [0.1, 0.15) is 0 Å². The first-order valence-electron chi connectivity index (χ1n) is 10.7. The molecule has 1 aliphatic rings. The second-order valence-corrected chi connectivity index (χ2v) is 14.3. The summed E-state index contributed by atoms with van der Waals surface area (Å²) >= 11 is 0. The summed E-state index contributed by atoms with van der Waals surface area (Å²) in [6, 6.07) is 20.7. The summed E-state index contributed by atoms with van der Waals surface area (Å²) < 4.78 is 7.16. The Morgan fingerprint density at radius 3 is 1.87 bits per heavy atom. The minimum atomic E-state index is -2.81. The summed E-state index contributed by atoms with van der Waals surface area (Å²) in [7, 11) is -2.81. The second kappa shape index (κ2) is 8.29. The van der Waals surface area contributed by atoms with E-state index in [2.05, 4.69) is 45.0 Å². The minimum Gasteiger partial charge on any atom is -0.481 e. The van der Waals surface area contributed by atoms with Crippen LogP contribution in [0.5, 0.6) is 0 Å². The number of carboxylic acids is 1. The first kappa shape index (κ1) is 22.7. The monoisotopic (exact) mass is 426 g/mol. The lowest BCUT2D eigenvalue weighted by Crippen LogP contribution is -2.69. The van der Waals surface area contributed by atoms with Crippen LogP contribution in [0.1, 0.15) is 47.5 Å². The molecule has 0 radical (unpaired) electrons. The van der Waals surface area contributed by atoms with E-state index in [9.17, 15) is 15.0 Å². The van der Waals surface area contributed by atoms with Gasteiger partial charge in [0, 0.05) is 5.92 Å². The fourth-order valence-electron chi connectivity index (χ4n) is 4.85. The molecule has 0 aromatic heterocycles. The van der Waals surface area contributed by atoms with Gasteiger partial charge in [0.2, 0.25) is 0 Å². The maximum Gasteiger partial charge on any atom is 0.309 e. The SMILES string of the molecule is C[C@@H]1[C@@H](O)C[C@@](C)(C(=O)O)C[C@H]1O[Si](c1ccccc1)(c1ccccc1)C(C)(C)C. The molecule has 0 aliphatic heterocycles. The lowest BCUT2D eigenvalue weighted by atomic mass is 9.69. The van der Waals surface area contributed by atoms with Gasteiger partial charge >= 0.3 is 5.97 Å². The normalized spacial score (nSPS) is 27.6. The highest BCUT2D eigenvalue weighted by molar-refractivity contribution is 6.99. The zero-order valence-corrected chi connectivity index (χ0v) is 19.6. The molecule has 2 aromatic rings. The van der Waals surface area contributed by atoms with Gasteiger partial charge in [-0.05, 0) is 35.2 Å². The van der Waals surface area contributed by atoms with Crippen molar-refractivity contribution in [3.8, 4) is 0 Å². The van der Waals surface area contributed by atoms with E-state index >= 15 is 0 Å². The van der Waals surface area contributed by atoms with Gasteiger partial charge in [0.05, 0.1) is 17.6 Å². The Balaban J connectivity index is 2.17. The van der Waals surface area contributed by atoms with Gasteiger partial charge in [-0.1, -0.05) is 88.4 Å². The van der Waals surface area contributed by atoms with E-state index in [1.807, 2.05) is 43.3 Å². The van der Waals surface area contributed by atoms with Crippen LogP contribution in [0.15, 0.2) is 60.7 Å². The lowest BCUT2D eigenvalue weighted by molar-refractivity contribution is -0.158. The highest BCUT2D eigenvalue weighted by Gasteiger charge is 2.55. The van der Waals surface area contributed by atoms with Crippen LogP contribution >= 0.6 is 0 Å². The molecule has 0 bridgehead atoms. The number of carbonyl (C=O) groups is 1. The largest absolute Gasteiger partial charge is 0.481 e. The van der Waals surface area contributed by atoms with Gasteiger partial charge in [-0.25, -0.2) is 0 Å². The summed E-state index contributed by atoms with van der Waals surface area (Å²) in [4.78, 5) is 12.0. The molecular weight excluding hydrogens is 392 g/mol. The van der Waals surface area contributed by atoms with Crippen molar-refractivity contribution in [1.29, 1.82) is 0 Å². The highest BCUT2D eigenvalue weighted by atomic mass is 28.4. The molecule has 2 aromatic carbocycles. The Hall–Kier alpha value is -1.95. The molecule has 0 amide bonds. The van der Waals surface area contributed by atoms with Crippen LogP contribution in [0.25, 0.3) is 0 Å². The molecule has 1 aliphatic carbocycles. The third kappa shape index (κ3) is 3.98. The molecule has 2 N–H and O–H groups in total. The Labute approximate surface area is 181 Å². The average Bonchev–Trinajstić information content (AvgIpc) is 2.70. The summed E-state index contributed by atoms with van der Waals surface area (Å²) in [6.45, 7) is 10.3. The molecule has 30 heavy (non-hydrogen) atoms. The van der Waals surface area contributed by atoms with Crippen LogP contribution in [0.2, 0.25) is 5.04 Å². The van der Waals surface area contributed by atoms with Crippen molar-refractivity contribution in [3.63, 3.8) is 0 Å². The third-order valence-corrected chi connectivity index (χ3v) is 11.8. The van der Waals surface area contributed by atoms with E-state index in [-0.39, 0.29) is 23.5 Å². The number of benzene rings is 2. The predicted octanol–water partition coefficient (Wildman–Crippen LogP) is 3.81. The van der Waals surface area contributed by atoms with Crippen LogP contribution < -0.4 is 10.4 Å². The molecule has 0 spiro atoms. The Morgan fingerprint density at radius 1 is 1.00 bits per heavy atom. The molecule has 162 valence electrons. The van der Waals surface area contributed by atoms with Crippen molar-refractivity contribution in [2.45, 2.75) is 64.7 Å². The molecule has 1 fully saturated rings. The second-order valence-electron chi connectivity index (χ2n) is 10.0. The van der Waals surface area contributed by atoms with Crippen LogP contribution in [0.3, 0.4) is 0 Å². The van der Waals surface area contributed by atoms with Gasteiger partial charge in [-0.2, -0.15) is 0 Å². The molecule has 1 saturated carbocycles. The molecule has 4 nitrogen and oxygen atoms in total. The summed E-state index contributed by atoms with van der Waals surface area (Å²) in [5.41, 5.74) is -0.998. The fourth-order valence-corrected chi connectivity index (χ4v) is 9.62. The summed E-state index contributed by atoms with van der Waals surface area (Å²) in [5, 5.41) is 22.7. The molecule has 3 rings (SSSR count). The van der Waals surface area contributed by atoms with E-state index in [0.29, 0.717) is 6.42 Å². The molecule has 4 atom stereocenters. The standard InChI is InChI=1S/C25H34O4Si/c1-18-21(26)16-25(5,23(27)28)17-22(18)29-30(24(2,3)4,19-12-8-6-9-13-19)20-14-10-7-11-15-20/h6-15,18,21-22,26H,16-17H2,1-5H3,(H,27,28)/t18-,21+,22-,25-/m1/s1. The highest BCUT2D eigenvalue weighted by Crippen LogP contribution is 2.45. The van der Waals surface area contributed by atoms with Crippen molar-refractivity contribution < 1.29 is 19.4 Å². The van der Waals surface area contributed by atoms with E-state index in [1.54, 1.807) is 6.92 Å². The lowest BCUT2D eigenvalue weighted by Gasteiger charge is -2.50. The predicted molar refractivity (Wildman–Crippen MR) is 123 cm³/mol. The quantitative estimate of drug-likeness (QED) is 0.714. The van der Waals surface area contributed by atoms with Gasteiger partial charge in [0.15, 0.2) is 0 Å². The van der Waals surface area contributed by atoms with Crippen LogP contribution in [0.4, 0.5) is 0 Å². The van der Waals surface area contributed by atoms with Crippen molar-refractivity contribution in [2.24, 2.45) is 11.3 Å². The van der Waals surface area contributed by atoms with Crippen LogP contribution in [-0.2, 0) is 9.22 Å². The molecular formula is C25H34O4Si. The van der Waals surface area contributed by atoms with Crippen molar-refractivity contribution >= 4 is 24.7 Å². The number of aliphatic carboxylic acids is 1. The van der Waals surface area contributed by atoms with Gasteiger partial charge < -0.3 is 14.6 Å². The van der Waals surface area contributed by atoms with Gasteiger partial charge in [-0.3, -0.25) is 4.79 Å². The van der Waals surface area contributed by atoms with Gasteiger partial charge in [0.25, 0.3) is 8.32 Å². The van der Waals surface area contributed by atoms with Crippen LogP contribution in [-0.4, -0.2) is 36.7 Å². The van der Waals surface area contributed by atoms with Crippen molar-refractivity contribution in [1.82, 2.24) is 0 Å². The number of rotatable bonds is 5.